The average Bonchev–Trinajstić information content (AvgIpc) is 2.39. The van der Waals surface area contributed by atoms with Crippen molar-refractivity contribution in [3.63, 3.8) is 0 Å². The fourth-order valence-electron chi connectivity index (χ4n) is 1.98. The van der Waals surface area contributed by atoms with Crippen LogP contribution in [0.2, 0.25) is 0 Å². The third-order valence-electron chi connectivity index (χ3n) is 3.09. The van der Waals surface area contributed by atoms with Crippen molar-refractivity contribution in [3.05, 3.63) is 18.2 Å². The van der Waals surface area contributed by atoms with E-state index in [0.29, 0.717) is 24.6 Å². The molecule has 0 aromatic heterocycles. The van der Waals surface area contributed by atoms with Gasteiger partial charge in [0.25, 0.3) is 0 Å². The molecule has 1 aromatic carbocycles. The molecule has 6 nitrogen and oxygen atoms in total. The first-order valence-corrected chi connectivity index (χ1v) is 8.84. The maximum atomic E-state index is 11.7. The van der Waals surface area contributed by atoms with Crippen molar-refractivity contribution in [2.24, 2.45) is 0 Å². The molecule has 0 bridgehead atoms. The summed E-state index contributed by atoms with van der Waals surface area (Å²) in [6.07, 6.45) is 0. The topological polar surface area (TPSA) is 92.5 Å². The van der Waals surface area contributed by atoms with E-state index in [4.69, 9.17) is 5.73 Å². The molecule has 0 aliphatic carbocycles. The molecule has 0 atom stereocenters. The van der Waals surface area contributed by atoms with Crippen LogP contribution in [0.15, 0.2) is 23.1 Å². The van der Waals surface area contributed by atoms with Gasteiger partial charge in [-0.15, -0.1) is 0 Å². The van der Waals surface area contributed by atoms with Gasteiger partial charge in [0.1, 0.15) is 4.90 Å². The van der Waals surface area contributed by atoms with Gasteiger partial charge in [0, 0.05) is 41.1 Å². The average molecular weight is 303 g/mol. The van der Waals surface area contributed by atoms with Crippen LogP contribution >= 0.6 is 0 Å². The highest BCUT2D eigenvalue weighted by Crippen LogP contribution is 2.25. The highest BCUT2D eigenvalue weighted by atomic mass is 32.2. The van der Waals surface area contributed by atoms with E-state index in [1.54, 1.807) is 12.1 Å². The number of rotatable bonds is 3. The van der Waals surface area contributed by atoms with Gasteiger partial charge in [-0.25, -0.2) is 13.1 Å². The van der Waals surface area contributed by atoms with Crippen molar-refractivity contribution in [1.82, 2.24) is 4.72 Å². The van der Waals surface area contributed by atoms with Gasteiger partial charge in [0.05, 0.1) is 5.69 Å². The van der Waals surface area contributed by atoms with Crippen LogP contribution in [0.1, 0.15) is 0 Å². The molecular weight excluding hydrogens is 286 g/mol. The zero-order valence-corrected chi connectivity index (χ0v) is 12.3. The molecule has 19 heavy (non-hydrogen) atoms. The number of nitrogens with zero attached hydrogens (tertiary/aromatic N) is 1. The fraction of sp³-hybridized carbons (Fsp3) is 0.455. The Bertz CT molecular complexity index is 591. The summed E-state index contributed by atoms with van der Waals surface area (Å²) in [7, 11) is -2.92. The Morgan fingerprint density at radius 2 is 1.95 bits per heavy atom. The minimum absolute atomic E-state index is 0.0827. The normalized spacial score (nSPS) is 17.6. The molecular formula is C11H17N3O3S2. The summed E-state index contributed by atoms with van der Waals surface area (Å²) in [5, 5.41) is 0. The summed E-state index contributed by atoms with van der Waals surface area (Å²) in [5.74, 6) is 1.27. The second-order valence-corrected chi connectivity index (χ2v) is 7.82. The maximum Gasteiger partial charge on any atom is 0.242 e. The highest BCUT2D eigenvalue weighted by Gasteiger charge is 2.19. The summed E-state index contributed by atoms with van der Waals surface area (Å²) in [4.78, 5) is 2.15. The first-order valence-electron chi connectivity index (χ1n) is 5.87. The molecule has 0 unspecified atom stereocenters. The van der Waals surface area contributed by atoms with Crippen molar-refractivity contribution >= 4 is 32.2 Å². The SMILES string of the molecule is CNS(=O)(=O)c1ccc(N2CCS(=O)CC2)cc1N. The molecule has 0 amide bonds. The van der Waals surface area contributed by atoms with E-state index in [9.17, 15) is 12.6 Å². The zero-order chi connectivity index (χ0) is 14.0. The number of hydrogen-bond donors (Lipinski definition) is 2. The molecule has 1 aliphatic heterocycles. The fourth-order valence-corrected chi connectivity index (χ4v) is 3.87. The van der Waals surface area contributed by atoms with E-state index < -0.39 is 20.8 Å². The lowest BCUT2D eigenvalue weighted by Crippen LogP contribution is -2.37. The number of sulfonamides is 1. The maximum absolute atomic E-state index is 11.7. The van der Waals surface area contributed by atoms with Gasteiger partial charge in [-0.3, -0.25) is 4.21 Å². The van der Waals surface area contributed by atoms with E-state index >= 15 is 0 Å². The standard InChI is InChI=1S/C11H17N3O3S2/c1-13-19(16,17)11-3-2-9(8-10(11)12)14-4-6-18(15)7-5-14/h2-3,8,13H,4-7,12H2,1H3. The molecule has 1 fully saturated rings. The molecule has 106 valence electrons. The summed E-state index contributed by atoms with van der Waals surface area (Å²) in [6, 6.07) is 4.88. The van der Waals surface area contributed by atoms with Crippen LogP contribution in [0.25, 0.3) is 0 Å². The predicted octanol–water partition coefficient (Wildman–Crippen LogP) is -0.254. The van der Waals surface area contributed by atoms with Crippen LogP contribution in [0, 0.1) is 0 Å². The predicted molar refractivity (Wildman–Crippen MR) is 77.2 cm³/mol. The van der Waals surface area contributed by atoms with Crippen molar-refractivity contribution in [3.8, 4) is 0 Å². The number of benzene rings is 1. The van der Waals surface area contributed by atoms with Gasteiger partial charge in [-0.2, -0.15) is 0 Å². The summed E-state index contributed by atoms with van der Waals surface area (Å²) in [5.41, 5.74) is 6.90. The zero-order valence-electron chi connectivity index (χ0n) is 10.6. The molecule has 1 heterocycles. The van der Waals surface area contributed by atoms with Crippen molar-refractivity contribution in [2.45, 2.75) is 4.90 Å². The molecule has 1 aliphatic rings. The molecule has 2 rings (SSSR count). The van der Waals surface area contributed by atoms with Gasteiger partial charge < -0.3 is 10.6 Å². The number of nitrogen functional groups attached to an aromatic ring is 1. The minimum Gasteiger partial charge on any atom is -0.398 e. The summed E-state index contributed by atoms with van der Waals surface area (Å²) in [6.45, 7) is 1.40. The number of anilines is 2. The van der Waals surface area contributed by atoms with Crippen LogP contribution in [0.3, 0.4) is 0 Å². The molecule has 1 saturated heterocycles. The number of hydrogen-bond acceptors (Lipinski definition) is 5. The van der Waals surface area contributed by atoms with Gasteiger partial charge >= 0.3 is 0 Å². The van der Waals surface area contributed by atoms with Crippen molar-refractivity contribution in [1.29, 1.82) is 0 Å². The van der Waals surface area contributed by atoms with E-state index in [-0.39, 0.29) is 10.6 Å². The largest absolute Gasteiger partial charge is 0.398 e. The number of nitrogens with two attached hydrogens (primary N) is 1. The van der Waals surface area contributed by atoms with Crippen LogP contribution < -0.4 is 15.4 Å². The first-order chi connectivity index (χ1) is 8.94. The van der Waals surface area contributed by atoms with Crippen LogP contribution in [0.5, 0.6) is 0 Å². The Morgan fingerprint density at radius 3 is 2.47 bits per heavy atom. The van der Waals surface area contributed by atoms with E-state index in [1.165, 1.54) is 13.1 Å². The smallest absolute Gasteiger partial charge is 0.242 e. The van der Waals surface area contributed by atoms with Gasteiger partial charge in [-0.1, -0.05) is 0 Å². The minimum atomic E-state index is -3.53. The molecule has 3 N–H and O–H groups in total. The van der Waals surface area contributed by atoms with Crippen LogP contribution in [-0.2, 0) is 20.8 Å². The van der Waals surface area contributed by atoms with Crippen LogP contribution in [0.4, 0.5) is 11.4 Å². The lowest BCUT2D eigenvalue weighted by Gasteiger charge is -2.28. The van der Waals surface area contributed by atoms with Gasteiger partial charge in [-0.05, 0) is 25.2 Å². The monoisotopic (exact) mass is 303 g/mol. The molecule has 0 radical (unpaired) electrons. The lowest BCUT2D eigenvalue weighted by atomic mass is 10.2. The number of nitrogens with one attached hydrogen (secondary N) is 1. The Kier molecular flexibility index (Phi) is 4.12. The molecule has 0 saturated carbocycles. The molecule has 0 spiro atoms. The van der Waals surface area contributed by atoms with E-state index in [1.807, 2.05) is 0 Å². The Balaban J connectivity index is 2.27. The Hall–Kier alpha value is -1.12. The molecule has 8 heteroatoms. The van der Waals surface area contributed by atoms with E-state index in [2.05, 4.69) is 9.62 Å². The van der Waals surface area contributed by atoms with E-state index in [0.717, 1.165) is 5.69 Å². The summed E-state index contributed by atoms with van der Waals surface area (Å²) < 4.78 is 37.0. The first kappa shape index (κ1) is 14.3. The van der Waals surface area contributed by atoms with Crippen molar-refractivity contribution in [2.75, 3.05) is 42.3 Å². The second kappa shape index (κ2) is 5.48. The van der Waals surface area contributed by atoms with Gasteiger partial charge in [0.15, 0.2) is 0 Å². The Labute approximate surface area is 115 Å². The third kappa shape index (κ3) is 3.07. The summed E-state index contributed by atoms with van der Waals surface area (Å²) >= 11 is 0. The van der Waals surface area contributed by atoms with Crippen LogP contribution in [-0.4, -0.2) is 44.3 Å². The quantitative estimate of drug-likeness (QED) is 0.751. The van der Waals surface area contributed by atoms with Crippen molar-refractivity contribution < 1.29 is 12.6 Å². The third-order valence-corrected chi connectivity index (χ3v) is 5.86. The second-order valence-electron chi connectivity index (χ2n) is 4.26. The Morgan fingerprint density at radius 1 is 1.32 bits per heavy atom. The molecule has 1 aromatic rings. The highest BCUT2D eigenvalue weighted by molar-refractivity contribution is 7.89. The lowest BCUT2D eigenvalue weighted by molar-refractivity contribution is 0.588. The van der Waals surface area contributed by atoms with Gasteiger partial charge in [0.2, 0.25) is 10.0 Å².